The van der Waals surface area contributed by atoms with E-state index in [1.807, 2.05) is 37.3 Å². The van der Waals surface area contributed by atoms with E-state index >= 15 is 0 Å². The van der Waals surface area contributed by atoms with Crippen molar-refractivity contribution < 1.29 is 4.39 Å². The number of pyridine rings is 2. The second kappa shape index (κ2) is 10.1. The Balaban J connectivity index is 1.55. The highest BCUT2D eigenvalue weighted by molar-refractivity contribution is 5.96. The molecule has 4 aromatic heterocycles. The van der Waals surface area contributed by atoms with Gasteiger partial charge in [-0.3, -0.25) is 15.1 Å². The Kier molecular flexibility index (Phi) is 6.70. The van der Waals surface area contributed by atoms with Crippen LogP contribution in [-0.4, -0.2) is 30.1 Å². The summed E-state index contributed by atoms with van der Waals surface area (Å²) in [6.07, 6.45) is 9.20. The van der Waals surface area contributed by atoms with Crippen LogP contribution in [0.25, 0.3) is 50.3 Å². The second-order valence-electron chi connectivity index (χ2n) is 10.2. The topological polar surface area (TPSA) is 95.2 Å². The first-order chi connectivity index (χ1) is 18.7. The molecule has 5 aromatic rings. The Bertz CT molecular complexity index is 1780. The molecule has 0 aliphatic carbocycles. The van der Waals surface area contributed by atoms with Gasteiger partial charge >= 0.3 is 0 Å². The lowest BCUT2D eigenvalue weighted by Gasteiger charge is -2.23. The highest BCUT2D eigenvalue weighted by atomic mass is 19.1. The number of aromatic amines is 2. The lowest BCUT2D eigenvalue weighted by molar-refractivity contribution is 0.478. The fourth-order valence-electron chi connectivity index (χ4n) is 4.13. The summed E-state index contributed by atoms with van der Waals surface area (Å²) in [5, 5.41) is 11.8. The Morgan fingerprint density at radius 3 is 2.62 bits per heavy atom. The lowest BCUT2D eigenvalue weighted by Crippen LogP contribution is -2.22. The minimum atomic E-state index is -0.327. The molecule has 5 rings (SSSR count). The van der Waals surface area contributed by atoms with E-state index in [1.54, 1.807) is 24.5 Å². The standard InChI is InChI=1S/C31H30FN7/c1-7-19(15-22(8-2)35-18(3)31(4,5)6)25-16-23-26(17-34-25)38-39-28(23)30-36-24-12-13-33-27(29(24)37-30)20-10-9-11-21(32)14-20/h7-17,35H,2-3H2,1,4-6H3,(H,36,37)(H,38,39)/b19-7+,22-15+. The van der Waals surface area contributed by atoms with Crippen LogP contribution in [0, 0.1) is 11.2 Å². The van der Waals surface area contributed by atoms with Gasteiger partial charge in [0.2, 0.25) is 0 Å². The smallest absolute Gasteiger partial charge is 0.159 e. The quantitative estimate of drug-likeness (QED) is 0.196. The van der Waals surface area contributed by atoms with Gasteiger partial charge in [0.25, 0.3) is 0 Å². The average Bonchev–Trinajstić information content (AvgIpc) is 3.53. The summed E-state index contributed by atoms with van der Waals surface area (Å²) in [4.78, 5) is 17.3. The summed E-state index contributed by atoms with van der Waals surface area (Å²) >= 11 is 0. The molecule has 3 N–H and O–H groups in total. The van der Waals surface area contributed by atoms with E-state index in [0.717, 1.165) is 39.1 Å². The second-order valence-corrected chi connectivity index (χ2v) is 10.2. The van der Waals surface area contributed by atoms with Gasteiger partial charge in [-0.05, 0) is 48.9 Å². The van der Waals surface area contributed by atoms with Crippen LogP contribution in [0.2, 0.25) is 0 Å². The van der Waals surface area contributed by atoms with Crippen LogP contribution >= 0.6 is 0 Å². The van der Waals surface area contributed by atoms with Crippen LogP contribution in [0.3, 0.4) is 0 Å². The number of hydrogen-bond acceptors (Lipinski definition) is 5. The molecule has 196 valence electrons. The molecule has 0 unspecified atom stereocenters. The maximum absolute atomic E-state index is 13.9. The number of fused-ring (bicyclic) bond motifs is 2. The average molecular weight is 520 g/mol. The molecule has 0 aliphatic rings. The zero-order valence-corrected chi connectivity index (χ0v) is 22.4. The Morgan fingerprint density at radius 2 is 1.90 bits per heavy atom. The lowest BCUT2D eigenvalue weighted by atomic mass is 9.92. The van der Waals surface area contributed by atoms with Crippen molar-refractivity contribution in [1.29, 1.82) is 0 Å². The number of H-pyrrole nitrogens is 2. The maximum Gasteiger partial charge on any atom is 0.159 e. The highest BCUT2D eigenvalue weighted by Crippen LogP contribution is 2.31. The third-order valence-corrected chi connectivity index (χ3v) is 6.51. The molecule has 1 aromatic carbocycles. The zero-order chi connectivity index (χ0) is 27.7. The van der Waals surface area contributed by atoms with Gasteiger partial charge in [-0.25, -0.2) is 9.37 Å². The van der Waals surface area contributed by atoms with E-state index < -0.39 is 0 Å². The monoisotopic (exact) mass is 519 g/mol. The van der Waals surface area contributed by atoms with E-state index in [9.17, 15) is 4.39 Å². The van der Waals surface area contributed by atoms with Crippen LogP contribution in [0.4, 0.5) is 4.39 Å². The van der Waals surface area contributed by atoms with Crippen LogP contribution in [0.1, 0.15) is 33.4 Å². The minimum Gasteiger partial charge on any atom is -0.359 e. The van der Waals surface area contributed by atoms with Crippen LogP contribution in [0.5, 0.6) is 0 Å². The van der Waals surface area contributed by atoms with Gasteiger partial charge in [-0.2, -0.15) is 5.10 Å². The third-order valence-electron chi connectivity index (χ3n) is 6.51. The molecule has 7 nitrogen and oxygen atoms in total. The van der Waals surface area contributed by atoms with Crippen molar-refractivity contribution >= 4 is 27.5 Å². The number of imidazole rings is 1. The number of rotatable bonds is 7. The first kappa shape index (κ1) is 25.8. The number of aromatic nitrogens is 6. The molecule has 0 fully saturated rings. The van der Waals surface area contributed by atoms with Gasteiger partial charge in [-0.15, -0.1) is 0 Å². The van der Waals surface area contributed by atoms with E-state index in [4.69, 9.17) is 4.98 Å². The molecule has 0 radical (unpaired) electrons. The fraction of sp³-hybridized carbons (Fsp3) is 0.161. The Hall–Kier alpha value is -4.85. The van der Waals surface area contributed by atoms with Crippen molar-refractivity contribution in [2.45, 2.75) is 27.7 Å². The largest absolute Gasteiger partial charge is 0.359 e. The minimum absolute atomic E-state index is 0.0995. The molecule has 0 saturated heterocycles. The molecule has 4 heterocycles. The van der Waals surface area contributed by atoms with Crippen molar-refractivity contribution in [3.8, 4) is 22.8 Å². The number of hydrogen-bond donors (Lipinski definition) is 3. The van der Waals surface area contributed by atoms with Crippen molar-refractivity contribution in [1.82, 2.24) is 35.5 Å². The van der Waals surface area contributed by atoms with Gasteiger partial charge in [0.05, 0.1) is 28.6 Å². The summed E-state index contributed by atoms with van der Waals surface area (Å²) in [5.41, 5.74) is 7.40. The zero-order valence-electron chi connectivity index (χ0n) is 22.4. The third kappa shape index (κ3) is 5.13. The summed E-state index contributed by atoms with van der Waals surface area (Å²) < 4.78 is 13.9. The van der Waals surface area contributed by atoms with Crippen LogP contribution in [0.15, 0.2) is 91.6 Å². The molecule has 0 aliphatic heterocycles. The molecule has 0 amide bonds. The molecule has 0 saturated carbocycles. The van der Waals surface area contributed by atoms with E-state index in [-0.39, 0.29) is 11.2 Å². The summed E-state index contributed by atoms with van der Waals surface area (Å²) in [6, 6.07) is 10.2. The summed E-state index contributed by atoms with van der Waals surface area (Å²) in [7, 11) is 0. The SMILES string of the molecule is C=C/C(=C\C(=C/C)c1cc2c(-c3nc4c(-c5cccc(F)c5)nccc4[nH]3)n[nH]c2cn1)NC(=C)C(C)(C)C. The van der Waals surface area contributed by atoms with Crippen molar-refractivity contribution in [3.05, 3.63) is 103 Å². The molecule has 0 spiro atoms. The van der Waals surface area contributed by atoms with Crippen molar-refractivity contribution in [3.63, 3.8) is 0 Å². The fourth-order valence-corrected chi connectivity index (χ4v) is 4.13. The van der Waals surface area contributed by atoms with E-state index in [2.05, 4.69) is 64.4 Å². The van der Waals surface area contributed by atoms with Gasteiger partial charge in [0.15, 0.2) is 5.82 Å². The first-order valence-electron chi connectivity index (χ1n) is 12.6. The van der Waals surface area contributed by atoms with Crippen molar-refractivity contribution in [2.24, 2.45) is 5.41 Å². The predicted molar refractivity (Wildman–Crippen MR) is 156 cm³/mol. The number of halogens is 1. The van der Waals surface area contributed by atoms with Crippen LogP contribution < -0.4 is 5.32 Å². The molecular weight excluding hydrogens is 489 g/mol. The molecule has 39 heavy (non-hydrogen) atoms. The molecule has 0 bridgehead atoms. The number of nitrogens with one attached hydrogen (secondary N) is 3. The highest BCUT2D eigenvalue weighted by Gasteiger charge is 2.18. The summed E-state index contributed by atoms with van der Waals surface area (Å²) in [6.45, 7) is 16.4. The van der Waals surface area contributed by atoms with Crippen molar-refractivity contribution in [2.75, 3.05) is 0 Å². The normalized spacial score (nSPS) is 12.7. The van der Waals surface area contributed by atoms with Gasteiger partial charge in [0, 0.05) is 34.0 Å². The number of allylic oxidation sites excluding steroid dienone is 5. The maximum atomic E-state index is 13.9. The van der Waals surface area contributed by atoms with E-state index in [1.165, 1.54) is 12.1 Å². The number of benzene rings is 1. The van der Waals surface area contributed by atoms with E-state index in [0.29, 0.717) is 28.3 Å². The van der Waals surface area contributed by atoms with Gasteiger partial charge in [-0.1, -0.05) is 52.1 Å². The Labute approximate surface area is 226 Å². The van der Waals surface area contributed by atoms with Gasteiger partial charge < -0.3 is 10.3 Å². The number of nitrogens with zero attached hydrogens (tertiary/aromatic N) is 4. The van der Waals surface area contributed by atoms with Crippen LogP contribution in [-0.2, 0) is 0 Å². The first-order valence-corrected chi connectivity index (χ1v) is 12.6. The summed E-state index contributed by atoms with van der Waals surface area (Å²) in [5.74, 6) is 0.248. The Morgan fingerprint density at radius 1 is 1.08 bits per heavy atom. The molecular formula is C31H30FN7. The van der Waals surface area contributed by atoms with Gasteiger partial charge in [0.1, 0.15) is 17.0 Å². The predicted octanol–water partition coefficient (Wildman–Crippen LogP) is 7.32. The molecule has 0 atom stereocenters. The molecule has 8 heteroatoms.